The summed E-state index contributed by atoms with van der Waals surface area (Å²) in [6, 6.07) is 7.39. The van der Waals surface area contributed by atoms with Crippen LogP contribution in [0.3, 0.4) is 0 Å². The Labute approximate surface area is 123 Å². The van der Waals surface area contributed by atoms with E-state index in [0.29, 0.717) is 23.8 Å². The van der Waals surface area contributed by atoms with E-state index in [0.717, 1.165) is 12.0 Å². The van der Waals surface area contributed by atoms with Crippen molar-refractivity contribution in [2.75, 3.05) is 0 Å². The van der Waals surface area contributed by atoms with Crippen LogP contribution in [-0.4, -0.2) is 18.0 Å². The van der Waals surface area contributed by atoms with Gasteiger partial charge in [-0.1, -0.05) is 30.7 Å². The monoisotopic (exact) mass is 313 g/mol. The Kier molecular flexibility index (Phi) is 4.47. The second-order valence-corrected chi connectivity index (χ2v) is 6.49. The molecule has 0 bridgehead atoms. The van der Waals surface area contributed by atoms with Crippen LogP contribution in [0.2, 0.25) is 5.02 Å². The lowest BCUT2D eigenvalue weighted by atomic mass is 10.2. The third-order valence-electron chi connectivity index (χ3n) is 2.87. The zero-order valence-electron chi connectivity index (χ0n) is 11.1. The Balaban J connectivity index is 2.34. The van der Waals surface area contributed by atoms with Gasteiger partial charge in [0.2, 0.25) is 0 Å². The predicted octanol–water partition coefficient (Wildman–Crippen LogP) is 2.18. The Bertz CT molecular complexity index is 693. The third-order valence-corrected chi connectivity index (χ3v) is 3.90. The highest BCUT2D eigenvalue weighted by Crippen LogP contribution is 2.15. The maximum atomic E-state index is 11.4. The average molecular weight is 314 g/mol. The first-order chi connectivity index (χ1) is 9.40. The van der Waals surface area contributed by atoms with Crippen molar-refractivity contribution in [1.82, 2.24) is 9.55 Å². The molecule has 2 rings (SSSR count). The van der Waals surface area contributed by atoms with Crippen molar-refractivity contribution in [2.24, 2.45) is 5.14 Å². The molecule has 1 aromatic carbocycles. The molecule has 0 saturated heterocycles. The average Bonchev–Trinajstić information content (AvgIpc) is 2.76. The number of rotatable bonds is 5. The molecule has 0 aliphatic heterocycles. The van der Waals surface area contributed by atoms with Gasteiger partial charge in [0.25, 0.3) is 10.0 Å². The van der Waals surface area contributed by atoms with Gasteiger partial charge in [0, 0.05) is 24.2 Å². The number of aromatic nitrogens is 2. The van der Waals surface area contributed by atoms with Crippen molar-refractivity contribution in [2.45, 2.75) is 31.3 Å². The molecule has 2 N–H and O–H groups in total. The lowest BCUT2D eigenvalue weighted by molar-refractivity contribution is 0.594. The maximum Gasteiger partial charge on any atom is 0.257 e. The highest BCUT2D eigenvalue weighted by atomic mass is 35.5. The summed E-state index contributed by atoms with van der Waals surface area (Å²) in [7, 11) is -3.77. The van der Waals surface area contributed by atoms with E-state index in [1.165, 1.54) is 6.20 Å². The molecule has 5 nitrogen and oxygen atoms in total. The number of primary sulfonamides is 1. The van der Waals surface area contributed by atoms with E-state index in [1.807, 2.05) is 23.6 Å². The number of nitrogens with two attached hydrogens (primary N) is 1. The van der Waals surface area contributed by atoms with Gasteiger partial charge in [-0.05, 0) is 24.1 Å². The standard InChI is InChI=1S/C13H16ClN3O2S/c1-2-3-12-16-13(20(15,18)19)9-17(12)8-10-4-6-11(14)7-5-10/h4-7,9H,2-3,8H2,1H3,(H2,15,18,19). The van der Waals surface area contributed by atoms with Crippen LogP contribution >= 0.6 is 11.6 Å². The molecule has 1 heterocycles. The van der Waals surface area contributed by atoms with E-state index in [2.05, 4.69) is 4.98 Å². The van der Waals surface area contributed by atoms with Crippen molar-refractivity contribution < 1.29 is 8.42 Å². The zero-order valence-corrected chi connectivity index (χ0v) is 12.7. The summed E-state index contributed by atoms with van der Waals surface area (Å²) in [4.78, 5) is 4.11. The van der Waals surface area contributed by atoms with Gasteiger partial charge < -0.3 is 4.57 Å². The first-order valence-electron chi connectivity index (χ1n) is 6.23. The van der Waals surface area contributed by atoms with Gasteiger partial charge in [-0.15, -0.1) is 0 Å². The number of nitrogens with zero attached hydrogens (tertiary/aromatic N) is 2. The fourth-order valence-corrected chi connectivity index (χ4v) is 2.54. The number of sulfonamides is 1. The molecule has 7 heteroatoms. The molecule has 0 aliphatic rings. The summed E-state index contributed by atoms with van der Waals surface area (Å²) in [5, 5.41) is 5.70. The summed E-state index contributed by atoms with van der Waals surface area (Å²) in [6.45, 7) is 2.55. The molecule has 108 valence electrons. The maximum absolute atomic E-state index is 11.4. The SMILES string of the molecule is CCCc1nc(S(N)(=O)=O)cn1Cc1ccc(Cl)cc1. The molecule has 0 saturated carbocycles. The van der Waals surface area contributed by atoms with E-state index in [4.69, 9.17) is 16.7 Å². The van der Waals surface area contributed by atoms with E-state index in [1.54, 1.807) is 12.1 Å². The zero-order chi connectivity index (χ0) is 14.8. The lowest BCUT2D eigenvalue weighted by Crippen LogP contribution is -2.12. The highest BCUT2D eigenvalue weighted by molar-refractivity contribution is 7.89. The predicted molar refractivity (Wildman–Crippen MR) is 78.1 cm³/mol. The number of halogens is 1. The van der Waals surface area contributed by atoms with Crippen molar-refractivity contribution in [3.8, 4) is 0 Å². The Morgan fingerprint density at radius 3 is 2.50 bits per heavy atom. The van der Waals surface area contributed by atoms with E-state index >= 15 is 0 Å². The summed E-state index contributed by atoms with van der Waals surface area (Å²) in [6.07, 6.45) is 3.06. The number of hydrogen-bond acceptors (Lipinski definition) is 3. The molecule has 0 radical (unpaired) electrons. The molecule has 0 amide bonds. The van der Waals surface area contributed by atoms with E-state index < -0.39 is 10.0 Å². The molecule has 0 fully saturated rings. The largest absolute Gasteiger partial charge is 0.329 e. The molecule has 0 unspecified atom stereocenters. The van der Waals surface area contributed by atoms with E-state index in [9.17, 15) is 8.42 Å². The Morgan fingerprint density at radius 1 is 1.30 bits per heavy atom. The van der Waals surface area contributed by atoms with Crippen LogP contribution in [0, 0.1) is 0 Å². The van der Waals surface area contributed by atoms with Crippen molar-refractivity contribution in [3.63, 3.8) is 0 Å². The van der Waals surface area contributed by atoms with E-state index in [-0.39, 0.29) is 5.03 Å². The number of benzene rings is 1. The summed E-state index contributed by atoms with van der Waals surface area (Å²) >= 11 is 5.84. The minimum absolute atomic E-state index is 0.0880. The van der Waals surface area contributed by atoms with Gasteiger partial charge in [-0.2, -0.15) is 0 Å². The summed E-state index contributed by atoms with van der Waals surface area (Å²) in [5.41, 5.74) is 1.02. The van der Waals surface area contributed by atoms with Crippen LogP contribution < -0.4 is 5.14 Å². The molecule has 20 heavy (non-hydrogen) atoms. The number of hydrogen-bond donors (Lipinski definition) is 1. The Hall–Kier alpha value is -1.37. The summed E-state index contributed by atoms with van der Waals surface area (Å²) in [5.74, 6) is 0.714. The highest BCUT2D eigenvalue weighted by Gasteiger charge is 2.16. The number of aryl methyl sites for hydroxylation is 1. The van der Waals surface area contributed by atoms with Gasteiger partial charge in [0.15, 0.2) is 5.03 Å². The molecule has 1 aromatic heterocycles. The van der Waals surface area contributed by atoms with Crippen LogP contribution in [0.25, 0.3) is 0 Å². The topological polar surface area (TPSA) is 78.0 Å². The molecule has 0 aliphatic carbocycles. The minimum Gasteiger partial charge on any atom is -0.329 e. The molecule has 0 atom stereocenters. The first kappa shape index (κ1) is 15.0. The smallest absolute Gasteiger partial charge is 0.257 e. The van der Waals surface area contributed by atoms with Gasteiger partial charge >= 0.3 is 0 Å². The lowest BCUT2D eigenvalue weighted by Gasteiger charge is -2.07. The third kappa shape index (κ3) is 3.59. The fraction of sp³-hybridized carbons (Fsp3) is 0.308. The second-order valence-electron chi connectivity index (χ2n) is 4.54. The molecule has 2 aromatic rings. The second kappa shape index (κ2) is 5.95. The van der Waals surface area contributed by atoms with Gasteiger partial charge in [-0.25, -0.2) is 18.5 Å². The summed E-state index contributed by atoms with van der Waals surface area (Å²) < 4.78 is 24.6. The van der Waals surface area contributed by atoms with Crippen LogP contribution in [0.15, 0.2) is 35.5 Å². The van der Waals surface area contributed by atoms with Gasteiger partial charge in [0.1, 0.15) is 5.82 Å². The van der Waals surface area contributed by atoms with Crippen molar-refractivity contribution >= 4 is 21.6 Å². The van der Waals surface area contributed by atoms with Crippen molar-refractivity contribution in [3.05, 3.63) is 46.9 Å². The first-order valence-corrected chi connectivity index (χ1v) is 8.16. The molecular weight excluding hydrogens is 298 g/mol. The van der Waals surface area contributed by atoms with Crippen LogP contribution in [0.1, 0.15) is 24.7 Å². The van der Waals surface area contributed by atoms with Gasteiger partial charge in [0.05, 0.1) is 0 Å². The number of imidazole rings is 1. The van der Waals surface area contributed by atoms with Crippen LogP contribution in [-0.2, 0) is 23.0 Å². The van der Waals surface area contributed by atoms with Crippen LogP contribution in [0.5, 0.6) is 0 Å². The quantitative estimate of drug-likeness (QED) is 0.919. The normalized spacial score (nSPS) is 11.8. The molecular formula is C13H16ClN3O2S. The fourth-order valence-electron chi connectivity index (χ4n) is 1.91. The Morgan fingerprint density at radius 2 is 1.95 bits per heavy atom. The minimum atomic E-state index is -3.77. The molecule has 0 spiro atoms. The van der Waals surface area contributed by atoms with Crippen LogP contribution in [0.4, 0.5) is 0 Å². The van der Waals surface area contributed by atoms with Gasteiger partial charge in [-0.3, -0.25) is 0 Å². The van der Waals surface area contributed by atoms with Crippen molar-refractivity contribution in [1.29, 1.82) is 0 Å².